The second-order valence-corrected chi connectivity index (χ2v) is 5.72. The third kappa shape index (κ3) is 4.60. The van der Waals surface area contributed by atoms with Gasteiger partial charge in [-0.3, -0.25) is 10.1 Å². The quantitative estimate of drug-likeness (QED) is 0.589. The molecule has 0 aromatic heterocycles. The molecule has 0 radical (unpaired) electrons. The first kappa shape index (κ1) is 17.2. The van der Waals surface area contributed by atoms with Crippen LogP contribution in [0.5, 0.6) is 5.75 Å². The van der Waals surface area contributed by atoms with Gasteiger partial charge in [-0.05, 0) is 31.9 Å². The highest BCUT2D eigenvalue weighted by Crippen LogP contribution is 2.32. The molecule has 2 N–H and O–H groups in total. The Bertz CT molecular complexity index is 489. The molecule has 0 heterocycles. The molecule has 0 fully saturated rings. The van der Waals surface area contributed by atoms with Gasteiger partial charge in [-0.25, -0.2) is 0 Å². The van der Waals surface area contributed by atoms with E-state index in [1.165, 1.54) is 6.07 Å². The van der Waals surface area contributed by atoms with Crippen LogP contribution in [0.4, 0.5) is 11.4 Å². The lowest BCUT2D eigenvalue weighted by molar-refractivity contribution is -0.385. The largest absolute Gasteiger partial charge is 0.487 e. The van der Waals surface area contributed by atoms with E-state index < -0.39 is 4.92 Å². The molecule has 1 aromatic carbocycles. The number of anilines is 1. The van der Waals surface area contributed by atoms with Crippen molar-refractivity contribution in [2.45, 2.75) is 27.7 Å². The van der Waals surface area contributed by atoms with Crippen molar-refractivity contribution in [1.82, 2.24) is 0 Å². The van der Waals surface area contributed by atoms with Crippen molar-refractivity contribution in [2.24, 2.45) is 11.1 Å². The molecule has 0 atom stereocenters. The summed E-state index contributed by atoms with van der Waals surface area (Å²) in [5.41, 5.74) is 6.67. The number of hydrogen-bond donors (Lipinski definition) is 1. The molecule has 6 nitrogen and oxygen atoms in total. The average molecular weight is 295 g/mol. The fraction of sp³-hybridized carbons (Fsp3) is 0.600. The molecule has 118 valence electrons. The number of nitro groups is 1. The van der Waals surface area contributed by atoms with Crippen LogP contribution >= 0.6 is 0 Å². The summed E-state index contributed by atoms with van der Waals surface area (Å²) in [6.45, 7) is 10.6. The van der Waals surface area contributed by atoms with Crippen molar-refractivity contribution in [2.75, 3.05) is 31.1 Å². The Labute approximate surface area is 126 Å². The smallest absolute Gasteiger partial charge is 0.311 e. The maximum absolute atomic E-state index is 11.0. The Balaban J connectivity index is 3.10. The summed E-state index contributed by atoms with van der Waals surface area (Å²) in [7, 11) is 0. The Hall–Kier alpha value is -1.82. The lowest BCUT2D eigenvalue weighted by Crippen LogP contribution is -2.38. The molecule has 0 saturated carbocycles. The zero-order valence-electron chi connectivity index (χ0n) is 13.3. The van der Waals surface area contributed by atoms with Gasteiger partial charge in [0, 0.05) is 30.9 Å². The van der Waals surface area contributed by atoms with E-state index in [2.05, 4.69) is 18.7 Å². The van der Waals surface area contributed by atoms with Crippen LogP contribution in [0, 0.1) is 15.5 Å². The lowest BCUT2D eigenvalue weighted by atomic mass is 9.93. The van der Waals surface area contributed by atoms with Crippen LogP contribution in [0.15, 0.2) is 18.2 Å². The fourth-order valence-corrected chi connectivity index (χ4v) is 2.09. The highest BCUT2D eigenvalue weighted by molar-refractivity contribution is 5.59. The number of rotatable bonds is 8. The minimum Gasteiger partial charge on any atom is -0.487 e. The molecular formula is C15H25N3O3. The first-order valence-electron chi connectivity index (χ1n) is 7.21. The van der Waals surface area contributed by atoms with E-state index in [0.29, 0.717) is 18.9 Å². The van der Waals surface area contributed by atoms with Gasteiger partial charge in [0.05, 0.1) is 11.5 Å². The summed E-state index contributed by atoms with van der Waals surface area (Å²) in [6.07, 6.45) is 0. The molecule has 0 bridgehead atoms. The molecule has 0 spiro atoms. The molecule has 0 unspecified atom stereocenters. The van der Waals surface area contributed by atoms with E-state index in [-0.39, 0.29) is 11.1 Å². The Morgan fingerprint density at radius 3 is 2.52 bits per heavy atom. The summed E-state index contributed by atoms with van der Waals surface area (Å²) in [4.78, 5) is 12.7. The second-order valence-electron chi connectivity index (χ2n) is 5.72. The van der Waals surface area contributed by atoms with Crippen molar-refractivity contribution in [1.29, 1.82) is 0 Å². The predicted octanol–water partition coefficient (Wildman–Crippen LogP) is 2.80. The zero-order valence-corrected chi connectivity index (χ0v) is 13.3. The minimum absolute atomic E-state index is 0.00487. The number of ether oxygens (including phenoxy) is 1. The molecule has 21 heavy (non-hydrogen) atoms. The zero-order chi connectivity index (χ0) is 16.0. The van der Waals surface area contributed by atoms with Crippen molar-refractivity contribution < 1.29 is 9.66 Å². The monoisotopic (exact) mass is 295 g/mol. The van der Waals surface area contributed by atoms with Crippen molar-refractivity contribution in [3.8, 4) is 5.75 Å². The second kappa shape index (κ2) is 7.26. The SMILES string of the molecule is CCOc1cc(N(CC)CC(C)(C)CN)ccc1[N+](=O)[O-]. The van der Waals surface area contributed by atoms with Gasteiger partial charge in [-0.15, -0.1) is 0 Å². The summed E-state index contributed by atoms with van der Waals surface area (Å²) in [5.74, 6) is 0.309. The summed E-state index contributed by atoms with van der Waals surface area (Å²) in [6, 6.07) is 4.99. The van der Waals surface area contributed by atoms with E-state index >= 15 is 0 Å². The summed E-state index contributed by atoms with van der Waals surface area (Å²) < 4.78 is 5.40. The Morgan fingerprint density at radius 1 is 1.38 bits per heavy atom. The molecule has 0 amide bonds. The van der Waals surface area contributed by atoms with Gasteiger partial charge in [0.2, 0.25) is 0 Å². The maximum atomic E-state index is 11.0. The van der Waals surface area contributed by atoms with Gasteiger partial charge in [-0.2, -0.15) is 0 Å². The van der Waals surface area contributed by atoms with Gasteiger partial charge in [0.15, 0.2) is 5.75 Å². The molecule has 0 aliphatic carbocycles. The highest BCUT2D eigenvalue weighted by Gasteiger charge is 2.22. The number of nitrogens with two attached hydrogens (primary N) is 1. The number of hydrogen-bond acceptors (Lipinski definition) is 5. The van der Waals surface area contributed by atoms with Gasteiger partial charge >= 0.3 is 5.69 Å². The first-order valence-corrected chi connectivity index (χ1v) is 7.21. The van der Waals surface area contributed by atoms with Crippen molar-refractivity contribution >= 4 is 11.4 Å². The lowest BCUT2D eigenvalue weighted by Gasteiger charge is -2.32. The summed E-state index contributed by atoms with van der Waals surface area (Å²) >= 11 is 0. The number of nitro benzene ring substituents is 1. The van der Waals surface area contributed by atoms with E-state index in [1.807, 2.05) is 13.8 Å². The third-order valence-corrected chi connectivity index (χ3v) is 3.36. The molecular weight excluding hydrogens is 270 g/mol. The van der Waals surface area contributed by atoms with Gasteiger partial charge in [-0.1, -0.05) is 13.8 Å². The fourth-order valence-electron chi connectivity index (χ4n) is 2.09. The van der Waals surface area contributed by atoms with E-state index in [4.69, 9.17) is 10.5 Å². The van der Waals surface area contributed by atoms with E-state index in [0.717, 1.165) is 18.8 Å². The molecule has 0 aliphatic heterocycles. The standard InChI is InChI=1S/C15H25N3O3/c1-5-17(11-15(3,4)10-16)12-7-8-13(18(19)20)14(9-12)21-6-2/h7-9H,5-6,10-11,16H2,1-4H3. The normalized spacial score (nSPS) is 11.3. The van der Waals surface area contributed by atoms with Crippen LogP contribution < -0.4 is 15.4 Å². The van der Waals surface area contributed by atoms with Gasteiger partial charge in [0.1, 0.15) is 0 Å². The third-order valence-electron chi connectivity index (χ3n) is 3.36. The highest BCUT2D eigenvalue weighted by atomic mass is 16.6. The summed E-state index contributed by atoms with van der Waals surface area (Å²) in [5, 5.41) is 11.0. The Morgan fingerprint density at radius 2 is 2.05 bits per heavy atom. The maximum Gasteiger partial charge on any atom is 0.311 e. The van der Waals surface area contributed by atoms with Gasteiger partial charge < -0.3 is 15.4 Å². The number of benzene rings is 1. The first-order chi connectivity index (χ1) is 9.84. The van der Waals surface area contributed by atoms with Crippen molar-refractivity contribution in [3.63, 3.8) is 0 Å². The molecule has 0 saturated heterocycles. The van der Waals surface area contributed by atoms with Gasteiger partial charge in [0.25, 0.3) is 0 Å². The molecule has 1 rings (SSSR count). The molecule has 1 aromatic rings. The average Bonchev–Trinajstić information content (AvgIpc) is 2.45. The van der Waals surface area contributed by atoms with Crippen LogP contribution in [-0.4, -0.2) is 31.2 Å². The van der Waals surface area contributed by atoms with Crippen LogP contribution in [0.3, 0.4) is 0 Å². The molecule has 0 aliphatic rings. The van der Waals surface area contributed by atoms with E-state index in [9.17, 15) is 10.1 Å². The van der Waals surface area contributed by atoms with Crippen LogP contribution in [0.2, 0.25) is 0 Å². The number of nitrogens with zero attached hydrogens (tertiary/aromatic N) is 2. The predicted molar refractivity (Wildman–Crippen MR) is 85.0 cm³/mol. The minimum atomic E-state index is -0.422. The van der Waals surface area contributed by atoms with Crippen LogP contribution in [0.1, 0.15) is 27.7 Å². The topological polar surface area (TPSA) is 81.6 Å². The Kier molecular flexibility index (Phi) is 5.96. The van der Waals surface area contributed by atoms with Crippen LogP contribution in [-0.2, 0) is 0 Å². The van der Waals surface area contributed by atoms with Crippen molar-refractivity contribution in [3.05, 3.63) is 28.3 Å². The molecule has 6 heteroatoms. The van der Waals surface area contributed by atoms with Crippen LogP contribution in [0.25, 0.3) is 0 Å². The van der Waals surface area contributed by atoms with E-state index in [1.54, 1.807) is 12.1 Å².